The third-order valence-electron chi connectivity index (χ3n) is 3.93. The summed E-state index contributed by atoms with van der Waals surface area (Å²) in [6.45, 7) is 3.74. The van der Waals surface area contributed by atoms with Crippen LogP contribution in [-0.2, 0) is 0 Å². The van der Waals surface area contributed by atoms with Gasteiger partial charge in [-0.05, 0) is 66.0 Å². The number of anilines is 1. The first-order valence-electron chi connectivity index (χ1n) is 6.16. The maximum absolute atomic E-state index is 6.11. The van der Waals surface area contributed by atoms with E-state index in [1.54, 1.807) is 0 Å². The number of benzene rings is 1. The SMILES string of the molecule is Clc1cc(NC2CN3CCC2CC3)ccc1Br. The molecule has 92 valence electrons. The van der Waals surface area contributed by atoms with E-state index in [-0.39, 0.29) is 0 Å². The van der Waals surface area contributed by atoms with Gasteiger partial charge < -0.3 is 10.2 Å². The van der Waals surface area contributed by atoms with Crippen LogP contribution in [0, 0.1) is 5.92 Å². The zero-order chi connectivity index (χ0) is 11.8. The number of halogens is 2. The average molecular weight is 316 g/mol. The lowest BCUT2D eigenvalue weighted by Gasteiger charge is -2.45. The Morgan fingerprint density at radius 1 is 1.29 bits per heavy atom. The van der Waals surface area contributed by atoms with Crippen LogP contribution in [0.15, 0.2) is 22.7 Å². The summed E-state index contributed by atoms with van der Waals surface area (Å²) in [4.78, 5) is 2.55. The van der Waals surface area contributed by atoms with Crippen molar-refractivity contribution >= 4 is 33.2 Å². The highest BCUT2D eigenvalue weighted by Gasteiger charge is 2.33. The molecule has 1 aromatic carbocycles. The van der Waals surface area contributed by atoms with Gasteiger partial charge in [-0.25, -0.2) is 0 Å². The summed E-state index contributed by atoms with van der Waals surface area (Å²) in [6.07, 6.45) is 2.67. The highest BCUT2D eigenvalue weighted by molar-refractivity contribution is 9.10. The fourth-order valence-electron chi connectivity index (χ4n) is 2.93. The molecule has 3 fully saturated rings. The summed E-state index contributed by atoms with van der Waals surface area (Å²) >= 11 is 9.53. The maximum Gasteiger partial charge on any atom is 0.0568 e. The second-order valence-electron chi connectivity index (χ2n) is 5.02. The van der Waals surface area contributed by atoms with Gasteiger partial charge in [0.1, 0.15) is 0 Å². The van der Waals surface area contributed by atoms with Crippen molar-refractivity contribution in [2.45, 2.75) is 18.9 Å². The van der Waals surface area contributed by atoms with Crippen LogP contribution in [0.25, 0.3) is 0 Å². The van der Waals surface area contributed by atoms with E-state index in [2.05, 4.69) is 32.2 Å². The first-order chi connectivity index (χ1) is 8.22. The number of hydrogen-bond acceptors (Lipinski definition) is 2. The smallest absolute Gasteiger partial charge is 0.0568 e. The highest BCUT2D eigenvalue weighted by atomic mass is 79.9. The van der Waals surface area contributed by atoms with Crippen LogP contribution in [0.4, 0.5) is 5.69 Å². The number of hydrogen-bond donors (Lipinski definition) is 1. The standard InChI is InChI=1S/C13H16BrClN2/c14-11-2-1-10(7-12(11)15)16-13-8-17-5-3-9(13)4-6-17/h1-2,7,9,13,16H,3-6,8H2. The Balaban J connectivity index is 1.72. The molecule has 1 N–H and O–H groups in total. The van der Waals surface area contributed by atoms with Gasteiger partial charge in [0.15, 0.2) is 0 Å². The van der Waals surface area contributed by atoms with Crippen molar-refractivity contribution in [2.75, 3.05) is 25.0 Å². The van der Waals surface area contributed by atoms with Crippen LogP contribution in [0.3, 0.4) is 0 Å². The summed E-state index contributed by atoms with van der Waals surface area (Å²) < 4.78 is 0.957. The minimum absolute atomic E-state index is 0.592. The lowest BCUT2D eigenvalue weighted by atomic mass is 9.84. The lowest BCUT2D eigenvalue weighted by Crippen LogP contribution is -2.53. The van der Waals surface area contributed by atoms with E-state index in [1.807, 2.05) is 12.1 Å². The molecule has 3 aliphatic heterocycles. The molecule has 0 spiro atoms. The first-order valence-corrected chi connectivity index (χ1v) is 7.33. The van der Waals surface area contributed by atoms with Gasteiger partial charge in [-0.1, -0.05) is 11.6 Å². The van der Waals surface area contributed by atoms with E-state index in [9.17, 15) is 0 Å². The average Bonchev–Trinajstić information content (AvgIpc) is 2.35. The number of rotatable bonds is 2. The summed E-state index contributed by atoms with van der Waals surface area (Å²) in [5, 5.41) is 4.41. The summed E-state index contributed by atoms with van der Waals surface area (Å²) in [5.74, 6) is 0.836. The Bertz CT molecular complexity index is 416. The molecule has 17 heavy (non-hydrogen) atoms. The van der Waals surface area contributed by atoms with Crippen molar-refractivity contribution in [3.63, 3.8) is 0 Å². The van der Waals surface area contributed by atoms with Gasteiger partial charge >= 0.3 is 0 Å². The Hall–Kier alpha value is -0.250. The summed E-state index contributed by atoms with van der Waals surface area (Å²) in [7, 11) is 0. The number of nitrogens with zero attached hydrogens (tertiary/aromatic N) is 1. The van der Waals surface area contributed by atoms with Gasteiger partial charge in [-0.2, -0.15) is 0 Å². The van der Waals surface area contributed by atoms with Crippen LogP contribution in [0.5, 0.6) is 0 Å². The molecular formula is C13H16BrClN2. The Morgan fingerprint density at radius 3 is 2.65 bits per heavy atom. The van der Waals surface area contributed by atoms with Crippen molar-refractivity contribution < 1.29 is 0 Å². The second kappa shape index (κ2) is 4.79. The fourth-order valence-corrected chi connectivity index (χ4v) is 3.36. The molecule has 0 aliphatic carbocycles. The van der Waals surface area contributed by atoms with E-state index in [0.29, 0.717) is 6.04 Å². The molecule has 1 atom stereocenters. The van der Waals surface area contributed by atoms with Gasteiger partial charge in [-0.3, -0.25) is 0 Å². The predicted molar refractivity (Wildman–Crippen MR) is 75.7 cm³/mol. The van der Waals surface area contributed by atoms with Gasteiger partial charge in [0, 0.05) is 22.7 Å². The molecule has 4 heteroatoms. The summed E-state index contributed by atoms with van der Waals surface area (Å²) in [6, 6.07) is 6.69. The molecule has 3 saturated heterocycles. The summed E-state index contributed by atoms with van der Waals surface area (Å²) in [5.41, 5.74) is 1.14. The van der Waals surface area contributed by atoms with Gasteiger partial charge in [-0.15, -0.1) is 0 Å². The van der Waals surface area contributed by atoms with Crippen LogP contribution < -0.4 is 5.32 Å². The van der Waals surface area contributed by atoms with Crippen LogP contribution in [0.1, 0.15) is 12.8 Å². The molecule has 3 heterocycles. The highest BCUT2D eigenvalue weighted by Crippen LogP contribution is 2.31. The Morgan fingerprint density at radius 2 is 2.06 bits per heavy atom. The van der Waals surface area contributed by atoms with E-state index in [1.165, 1.54) is 32.5 Å². The Kier molecular flexibility index (Phi) is 3.33. The molecule has 0 radical (unpaired) electrons. The number of fused-ring (bicyclic) bond motifs is 3. The molecule has 0 aromatic heterocycles. The molecule has 0 saturated carbocycles. The van der Waals surface area contributed by atoms with E-state index in [4.69, 9.17) is 11.6 Å². The molecule has 4 rings (SSSR count). The topological polar surface area (TPSA) is 15.3 Å². The zero-order valence-corrected chi connectivity index (χ0v) is 12.0. The molecule has 3 aliphatic rings. The van der Waals surface area contributed by atoms with Gasteiger partial charge in [0.05, 0.1) is 5.02 Å². The van der Waals surface area contributed by atoms with E-state index >= 15 is 0 Å². The quantitative estimate of drug-likeness (QED) is 0.897. The maximum atomic E-state index is 6.11. The van der Waals surface area contributed by atoms with Crippen molar-refractivity contribution in [3.05, 3.63) is 27.7 Å². The van der Waals surface area contributed by atoms with Crippen molar-refractivity contribution in [2.24, 2.45) is 5.92 Å². The van der Waals surface area contributed by atoms with Crippen LogP contribution in [-0.4, -0.2) is 30.6 Å². The largest absolute Gasteiger partial charge is 0.381 e. The molecular weight excluding hydrogens is 300 g/mol. The van der Waals surface area contributed by atoms with Crippen molar-refractivity contribution in [1.29, 1.82) is 0 Å². The minimum Gasteiger partial charge on any atom is -0.381 e. The molecule has 1 unspecified atom stereocenters. The third kappa shape index (κ3) is 2.47. The van der Waals surface area contributed by atoms with Crippen LogP contribution in [0.2, 0.25) is 5.02 Å². The minimum atomic E-state index is 0.592. The molecule has 0 amide bonds. The van der Waals surface area contributed by atoms with Crippen molar-refractivity contribution in [1.82, 2.24) is 4.90 Å². The number of nitrogens with one attached hydrogen (secondary N) is 1. The normalized spacial score (nSPS) is 31.5. The predicted octanol–water partition coefficient (Wildman–Crippen LogP) is 3.61. The van der Waals surface area contributed by atoms with Gasteiger partial charge in [0.2, 0.25) is 0 Å². The first kappa shape index (κ1) is 11.8. The molecule has 2 nitrogen and oxygen atoms in total. The van der Waals surface area contributed by atoms with Crippen molar-refractivity contribution in [3.8, 4) is 0 Å². The fraction of sp³-hybridized carbons (Fsp3) is 0.538. The van der Waals surface area contributed by atoms with Crippen LogP contribution >= 0.6 is 27.5 Å². The molecule has 2 bridgehead atoms. The Labute approximate surface area is 115 Å². The van der Waals surface area contributed by atoms with E-state index in [0.717, 1.165) is 21.1 Å². The lowest BCUT2D eigenvalue weighted by molar-refractivity contribution is 0.0975. The third-order valence-corrected chi connectivity index (χ3v) is 5.16. The zero-order valence-electron chi connectivity index (χ0n) is 9.63. The molecule has 1 aromatic rings. The number of piperidine rings is 3. The second-order valence-corrected chi connectivity index (χ2v) is 6.28. The van der Waals surface area contributed by atoms with E-state index < -0.39 is 0 Å². The van der Waals surface area contributed by atoms with Gasteiger partial charge in [0.25, 0.3) is 0 Å². The monoisotopic (exact) mass is 314 g/mol.